The maximum absolute atomic E-state index is 12.3. The maximum atomic E-state index is 12.3. The van der Waals surface area contributed by atoms with Gasteiger partial charge in [0.1, 0.15) is 0 Å². The highest BCUT2D eigenvalue weighted by Crippen LogP contribution is 2.16. The summed E-state index contributed by atoms with van der Waals surface area (Å²) < 4.78 is 12.3. The third-order valence-electron chi connectivity index (χ3n) is 5.60. The quantitative estimate of drug-likeness (QED) is 0.297. The van der Waals surface area contributed by atoms with Gasteiger partial charge in [-0.25, -0.2) is 0 Å². The van der Waals surface area contributed by atoms with Crippen molar-refractivity contribution in [2.45, 2.75) is 38.1 Å². The van der Waals surface area contributed by atoms with Crippen molar-refractivity contribution in [2.24, 2.45) is 4.99 Å². The topological polar surface area (TPSA) is 56.7 Å². The van der Waals surface area contributed by atoms with Gasteiger partial charge in [-0.1, -0.05) is 54.6 Å². The SMILES string of the molecule is CN=C(NCCS(=O)Cc1ccccc1)NC1CCN(Cc2ccccc2C)CC1.I. The Kier molecular flexibility index (Phi) is 11.5. The number of rotatable bonds is 8. The van der Waals surface area contributed by atoms with Crippen LogP contribution in [0.25, 0.3) is 0 Å². The Balaban J connectivity index is 0.00000341. The lowest BCUT2D eigenvalue weighted by Crippen LogP contribution is -2.49. The number of nitrogens with zero attached hydrogens (tertiary/aromatic N) is 2. The number of aliphatic imine (C=N–C) groups is 1. The Labute approximate surface area is 206 Å². The number of hydrogen-bond donors (Lipinski definition) is 2. The lowest BCUT2D eigenvalue weighted by molar-refractivity contribution is 0.198. The molecule has 2 aromatic rings. The molecule has 170 valence electrons. The summed E-state index contributed by atoms with van der Waals surface area (Å²) in [5.41, 5.74) is 3.91. The molecule has 0 amide bonds. The monoisotopic (exact) mass is 554 g/mol. The van der Waals surface area contributed by atoms with Gasteiger partial charge in [0.15, 0.2) is 5.96 Å². The van der Waals surface area contributed by atoms with Crippen molar-refractivity contribution in [3.05, 3.63) is 71.3 Å². The Bertz CT molecular complexity index is 838. The van der Waals surface area contributed by atoms with Crippen molar-refractivity contribution in [1.29, 1.82) is 0 Å². The van der Waals surface area contributed by atoms with E-state index in [9.17, 15) is 4.21 Å². The lowest BCUT2D eigenvalue weighted by Gasteiger charge is -2.33. The third kappa shape index (κ3) is 8.90. The van der Waals surface area contributed by atoms with Crippen molar-refractivity contribution in [1.82, 2.24) is 15.5 Å². The number of guanidine groups is 1. The van der Waals surface area contributed by atoms with Crippen LogP contribution in [-0.2, 0) is 23.1 Å². The van der Waals surface area contributed by atoms with Crippen LogP contribution in [0.15, 0.2) is 59.6 Å². The second kappa shape index (κ2) is 13.9. The van der Waals surface area contributed by atoms with Crippen LogP contribution in [0.4, 0.5) is 0 Å². The first-order valence-corrected chi connectivity index (χ1v) is 12.3. The first-order chi connectivity index (χ1) is 14.6. The van der Waals surface area contributed by atoms with E-state index in [0.717, 1.165) is 44.0 Å². The third-order valence-corrected chi connectivity index (χ3v) is 6.91. The molecule has 0 aromatic heterocycles. The number of piperidine rings is 1. The predicted molar refractivity (Wildman–Crippen MR) is 143 cm³/mol. The van der Waals surface area contributed by atoms with E-state index in [4.69, 9.17) is 0 Å². The Morgan fingerprint density at radius 3 is 2.45 bits per heavy atom. The van der Waals surface area contributed by atoms with Crippen molar-refractivity contribution in [2.75, 3.05) is 32.4 Å². The molecule has 0 bridgehead atoms. The minimum absolute atomic E-state index is 0. The number of halogens is 1. The van der Waals surface area contributed by atoms with Gasteiger partial charge in [0.05, 0.1) is 0 Å². The Morgan fingerprint density at radius 1 is 1.10 bits per heavy atom. The number of benzene rings is 2. The van der Waals surface area contributed by atoms with Gasteiger partial charge in [-0.15, -0.1) is 24.0 Å². The van der Waals surface area contributed by atoms with E-state index < -0.39 is 10.8 Å². The summed E-state index contributed by atoms with van der Waals surface area (Å²) in [7, 11) is 0.921. The Hall–Kier alpha value is -1.45. The summed E-state index contributed by atoms with van der Waals surface area (Å²) in [6.07, 6.45) is 2.21. The molecule has 0 radical (unpaired) electrons. The second-order valence-electron chi connectivity index (χ2n) is 7.89. The minimum Gasteiger partial charge on any atom is -0.355 e. The largest absolute Gasteiger partial charge is 0.355 e. The minimum atomic E-state index is -0.874. The van der Waals surface area contributed by atoms with Crippen LogP contribution < -0.4 is 10.6 Å². The van der Waals surface area contributed by atoms with Crippen LogP contribution in [0.2, 0.25) is 0 Å². The van der Waals surface area contributed by atoms with E-state index in [-0.39, 0.29) is 24.0 Å². The number of nitrogens with one attached hydrogen (secondary N) is 2. The van der Waals surface area contributed by atoms with Gasteiger partial charge in [-0.2, -0.15) is 0 Å². The van der Waals surface area contributed by atoms with E-state index in [1.54, 1.807) is 7.05 Å². The predicted octanol–water partition coefficient (Wildman–Crippen LogP) is 3.69. The van der Waals surface area contributed by atoms with E-state index in [1.807, 2.05) is 30.3 Å². The molecule has 0 spiro atoms. The highest BCUT2D eigenvalue weighted by Gasteiger charge is 2.20. The van der Waals surface area contributed by atoms with Crippen molar-refractivity contribution in [3.63, 3.8) is 0 Å². The molecule has 0 aliphatic carbocycles. The summed E-state index contributed by atoms with van der Waals surface area (Å²) in [6.45, 7) is 6.05. The normalized spacial score (nSPS) is 16.4. The fourth-order valence-corrected chi connectivity index (χ4v) is 4.81. The highest BCUT2D eigenvalue weighted by molar-refractivity contribution is 14.0. The Morgan fingerprint density at radius 2 is 1.77 bits per heavy atom. The van der Waals surface area contributed by atoms with Crippen LogP contribution >= 0.6 is 24.0 Å². The number of aryl methyl sites for hydroxylation is 1. The fourth-order valence-electron chi connectivity index (χ4n) is 3.77. The molecule has 1 unspecified atom stereocenters. The molecule has 2 N–H and O–H groups in total. The highest BCUT2D eigenvalue weighted by atomic mass is 127. The lowest BCUT2D eigenvalue weighted by atomic mass is 10.0. The van der Waals surface area contributed by atoms with Crippen molar-refractivity contribution >= 4 is 40.7 Å². The van der Waals surface area contributed by atoms with Crippen LogP contribution in [0.1, 0.15) is 29.5 Å². The van der Waals surface area contributed by atoms with Gasteiger partial charge in [-0.3, -0.25) is 14.1 Å². The van der Waals surface area contributed by atoms with Gasteiger partial charge in [0, 0.05) is 61.6 Å². The summed E-state index contributed by atoms with van der Waals surface area (Å²) in [4.78, 5) is 6.87. The molecule has 7 heteroatoms. The molecule has 1 saturated heterocycles. The average Bonchev–Trinajstić information content (AvgIpc) is 2.76. The molecule has 1 aliphatic heterocycles. The summed E-state index contributed by atoms with van der Waals surface area (Å²) >= 11 is 0. The number of hydrogen-bond acceptors (Lipinski definition) is 3. The zero-order valence-corrected chi connectivity index (χ0v) is 21.7. The van der Waals surface area contributed by atoms with Gasteiger partial charge in [0.2, 0.25) is 0 Å². The molecule has 5 nitrogen and oxygen atoms in total. The summed E-state index contributed by atoms with van der Waals surface area (Å²) in [5.74, 6) is 2.03. The van der Waals surface area contributed by atoms with Gasteiger partial charge >= 0.3 is 0 Å². The van der Waals surface area contributed by atoms with Crippen LogP contribution in [0.5, 0.6) is 0 Å². The summed E-state index contributed by atoms with van der Waals surface area (Å²) in [5, 5.41) is 6.86. The molecule has 0 saturated carbocycles. The zero-order chi connectivity index (χ0) is 21.2. The molecule has 2 aromatic carbocycles. The molecule has 1 aliphatic rings. The van der Waals surface area contributed by atoms with Crippen molar-refractivity contribution in [3.8, 4) is 0 Å². The molecule has 1 atom stereocenters. The zero-order valence-electron chi connectivity index (χ0n) is 18.5. The second-order valence-corrected chi connectivity index (χ2v) is 9.47. The van der Waals surface area contributed by atoms with Crippen LogP contribution in [0, 0.1) is 6.92 Å². The van der Waals surface area contributed by atoms with E-state index in [2.05, 4.69) is 51.7 Å². The number of likely N-dealkylation sites (tertiary alicyclic amines) is 1. The molecule has 3 rings (SSSR count). The first kappa shape index (κ1) is 25.8. The summed E-state index contributed by atoms with van der Waals surface area (Å²) in [6, 6.07) is 19.1. The molecule has 1 heterocycles. The van der Waals surface area contributed by atoms with E-state index in [0.29, 0.717) is 24.1 Å². The maximum Gasteiger partial charge on any atom is 0.191 e. The van der Waals surface area contributed by atoms with E-state index >= 15 is 0 Å². The van der Waals surface area contributed by atoms with Crippen molar-refractivity contribution < 1.29 is 4.21 Å². The van der Waals surface area contributed by atoms with Crippen LogP contribution in [0.3, 0.4) is 0 Å². The standard InChI is InChI=1S/C24H34N4OS.HI/c1-20-8-6-7-11-22(20)18-28-15-12-23(13-16-28)27-24(25-2)26-14-17-30(29)19-21-9-4-3-5-10-21;/h3-11,23H,12-19H2,1-2H3,(H2,25,26,27);1H. The van der Waals surface area contributed by atoms with Gasteiger partial charge < -0.3 is 10.6 Å². The molecular formula is C24H35IN4OS. The van der Waals surface area contributed by atoms with E-state index in [1.165, 1.54) is 11.1 Å². The van der Waals surface area contributed by atoms with Crippen LogP contribution in [-0.4, -0.2) is 53.5 Å². The fraction of sp³-hybridized carbons (Fsp3) is 0.458. The molecule has 31 heavy (non-hydrogen) atoms. The van der Waals surface area contributed by atoms with Gasteiger partial charge in [0.25, 0.3) is 0 Å². The molecule has 1 fully saturated rings. The average molecular weight is 555 g/mol. The molecular weight excluding hydrogens is 519 g/mol. The first-order valence-electron chi connectivity index (χ1n) is 10.8. The van der Waals surface area contributed by atoms with Gasteiger partial charge in [-0.05, 0) is 36.5 Å². The smallest absolute Gasteiger partial charge is 0.191 e.